The van der Waals surface area contributed by atoms with E-state index in [1.54, 1.807) is 36.4 Å². The molecule has 0 aliphatic heterocycles. The quantitative estimate of drug-likeness (QED) is 0.260. The van der Waals surface area contributed by atoms with Crippen molar-refractivity contribution in [3.8, 4) is 0 Å². The Labute approximate surface area is 197 Å². The first kappa shape index (κ1) is 22.1. The molecule has 0 atom stereocenters. The van der Waals surface area contributed by atoms with Gasteiger partial charge in [-0.2, -0.15) is 0 Å². The van der Waals surface area contributed by atoms with Crippen LogP contribution in [0.15, 0.2) is 115 Å². The van der Waals surface area contributed by atoms with Crippen LogP contribution >= 0.6 is 11.6 Å². The number of anilines is 1. The van der Waals surface area contributed by atoms with Crippen LogP contribution in [0, 0.1) is 0 Å². The Kier molecular flexibility index (Phi) is 6.98. The van der Waals surface area contributed by atoms with Gasteiger partial charge in [0.05, 0.1) is 10.6 Å². The van der Waals surface area contributed by atoms with Crippen LogP contribution in [0.3, 0.4) is 0 Å². The summed E-state index contributed by atoms with van der Waals surface area (Å²) in [6.07, 6.45) is 5.14. The van der Waals surface area contributed by atoms with E-state index in [-0.39, 0.29) is 11.3 Å². The Morgan fingerprint density at radius 3 is 2.24 bits per heavy atom. The van der Waals surface area contributed by atoms with Crippen LogP contribution in [0.4, 0.5) is 5.69 Å². The van der Waals surface area contributed by atoms with Crippen molar-refractivity contribution in [2.75, 3.05) is 5.32 Å². The molecule has 0 fully saturated rings. The highest BCUT2D eigenvalue weighted by Gasteiger charge is 2.16. The zero-order valence-electron chi connectivity index (χ0n) is 17.7. The number of carbonyl (C=O) groups is 2. The molecule has 0 saturated carbocycles. The van der Waals surface area contributed by atoms with Crippen molar-refractivity contribution in [2.24, 2.45) is 0 Å². The van der Waals surface area contributed by atoms with Crippen LogP contribution < -0.4 is 10.6 Å². The van der Waals surface area contributed by atoms with E-state index in [2.05, 4.69) is 10.6 Å². The third kappa shape index (κ3) is 5.76. The largest absolute Gasteiger partial charge is 0.321 e. The second kappa shape index (κ2) is 10.4. The highest BCUT2D eigenvalue weighted by Crippen LogP contribution is 2.20. The lowest BCUT2D eigenvalue weighted by Crippen LogP contribution is -2.31. The van der Waals surface area contributed by atoms with Gasteiger partial charge in [0.15, 0.2) is 0 Å². The number of amides is 2. The standard InChI is InChI=1S/C28H21ClN2O2/c29-25-15-7-6-14-24(25)27(32)31-26(16-8-11-20-9-2-1-3-10-20)28(33)30-23-18-17-21-12-4-5-13-22(21)19-23/h1-19H,(H,30,33)(H,31,32)/b11-8+,26-16-. The predicted octanol–water partition coefficient (Wildman–Crippen LogP) is 6.46. The monoisotopic (exact) mass is 452 g/mol. The number of hydrogen-bond donors (Lipinski definition) is 2. The molecule has 162 valence electrons. The third-order valence-electron chi connectivity index (χ3n) is 4.97. The fraction of sp³-hybridized carbons (Fsp3) is 0. The molecule has 4 aromatic rings. The molecule has 0 unspecified atom stereocenters. The lowest BCUT2D eigenvalue weighted by Gasteiger charge is -2.12. The molecule has 0 radical (unpaired) electrons. The highest BCUT2D eigenvalue weighted by atomic mass is 35.5. The van der Waals surface area contributed by atoms with E-state index in [0.717, 1.165) is 16.3 Å². The van der Waals surface area contributed by atoms with Gasteiger partial charge in [-0.1, -0.05) is 96.5 Å². The summed E-state index contributed by atoms with van der Waals surface area (Å²) in [6, 6.07) is 29.9. The van der Waals surface area contributed by atoms with Gasteiger partial charge < -0.3 is 10.6 Å². The maximum Gasteiger partial charge on any atom is 0.272 e. The average molecular weight is 453 g/mol. The van der Waals surface area contributed by atoms with Gasteiger partial charge in [0.25, 0.3) is 11.8 Å². The minimum absolute atomic E-state index is 0.0975. The summed E-state index contributed by atoms with van der Waals surface area (Å²) in [5.74, 6) is -0.906. The van der Waals surface area contributed by atoms with Crippen molar-refractivity contribution >= 4 is 46.0 Å². The Morgan fingerprint density at radius 1 is 0.758 bits per heavy atom. The molecule has 4 aromatic carbocycles. The van der Waals surface area contributed by atoms with Gasteiger partial charge >= 0.3 is 0 Å². The Morgan fingerprint density at radius 2 is 1.45 bits per heavy atom. The summed E-state index contributed by atoms with van der Waals surface area (Å²) in [6.45, 7) is 0. The van der Waals surface area contributed by atoms with Gasteiger partial charge in [0.2, 0.25) is 0 Å². The summed E-state index contributed by atoms with van der Waals surface area (Å²) < 4.78 is 0. The maximum atomic E-state index is 13.1. The lowest BCUT2D eigenvalue weighted by molar-refractivity contribution is -0.113. The van der Waals surface area contributed by atoms with Crippen molar-refractivity contribution in [1.82, 2.24) is 5.32 Å². The van der Waals surface area contributed by atoms with Crippen molar-refractivity contribution in [2.45, 2.75) is 0 Å². The number of nitrogens with one attached hydrogen (secondary N) is 2. The Balaban J connectivity index is 1.59. The number of halogens is 1. The molecule has 0 spiro atoms. The molecule has 0 bridgehead atoms. The first-order chi connectivity index (χ1) is 16.1. The summed E-state index contributed by atoms with van der Waals surface area (Å²) in [7, 11) is 0. The third-order valence-corrected chi connectivity index (χ3v) is 5.30. The Hall–Kier alpha value is -4.15. The maximum absolute atomic E-state index is 13.1. The van der Waals surface area contributed by atoms with Gasteiger partial charge in [-0.15, -0.1) is 0 Å². The van der Waals surface area contributed by atoms with Gasteiger partial charge in [0.1, 0.15) is 5.70 Å². The topological polar surface area (TPSA) is 58.2 Å². The van der Waals surface area contributed by atoms with Gasteiger partial charge in [-0.05, 0) is 46.7 Å². The van der Waals surface area contributed by atoms with Crippen LogP contribution in [0.25, 0.3) is 16.8 Å². The molecule has 2 amide bonds. The van der Waals surface area contributed by atoms with E-state index >= 15 is 0 Å². The van der Waals surface area contributed by atoms with E-state index in [9.17, 15) is 9.59 Å². The normalized spacial score (nSPS) is 11.5. The molecule has 2 N–H and O–H groups in total. The number of allylic oxidation sites excluding steroid dienone is 2. The molecule has 0 aliphatic carbocycles. The van der Waals surface area contributed by atoms with Crippen LogP contribution in [-0.4, -0.2) is 11.8 Å². The molecule has 0 heterocycles. The second-order valence-corrected chi connectivity index (χ2v) is 7.71. The zero-order valence-corrected chi connectivity index (χ0v) is 18.4. The summed E-state index contributed by atoms with van der Waals surface area (Å²) >= 11 is 6.16. The molecular weight excluding hydrogens is 432 g/mol. The lowest BCUT2D eigenvalue weighted by atomic mass is 10.1. The van der Waals surface area contributed by atoms with E-state index in [0.29, 0.717) is 10.7 Å². The number of fused-ring (bicyclic) bond motifs is 1. The van der Waals surface area contributed by atoms with Crippen LogP contribution in [0.2, 0.25) is 5.02 Å². The fourth-order valence-corrected chi connectivity index (χ4v) is 3.52. The first-order valence-corrected chi connectivity index (χ1v) is 10.8. The predicted molar refractivity (Wildman–Crippen MR) is 135 cm³/mol. The fourth-order valence-electron chi connectivity index (χ4n) is 3.29. The average Bonchev–Trinajstić information content (AvgIpc) is 2.84. The minimum atomic E-state index is -0.464. The number of rotatable bonds is 6. The van der Waals surface area contributed by atoms with E-state index in [4.69, 9.17) is 11.6 Å². The zero-order chi connectivity index (χ0) is 23.0. The molecule has 33 heavy (non-hydrogen) atoms. The molecule has 4 nitrogen and oxygen atoms in total. The molecule has 0 aliphatic rings. The number of carbonyl (C=O) groups excluding carboxylic acids is 2. The van der Waals surface area contributed by atoms with Crippen molar-refractivity contribution in [1.29, 1.82) is 0 Å². The van der Waals surface area contributed by atoms with Crippen molar-refractivity contribution in [3.63, 3.8) is 0 Å². The minimum Gasteiger partial charge on any atom is -0.321 e. The van der Waals surface area contributed by atoms with Gasteiger partial charge in [0, 0.05) is 5.69 Å². The smallest absolute Gasteiger partial charge is 0.272 e. The molecule has 0 saturated heterocycles. The van der Waals surface area contributed by atoms with Crippen LogP contribution in [-0.2, 0) is 4.79 Å². The second-order valence-electron chi connectivity index (χ2n) is 7.30. The van der Waals surface area contributed by atoms with E-state index in [1.807, 2.05) is 78.9 Å². The summed E-state index contributed by atoms with van der Waals surface area (Å²) in [4.78, 5) is 25.9. The van der Waals surface area contributed by atoms with Gasteiger partial charge in [-0.25, -0.2) is 0 Å². The number of benzene rings is 4. The summed E-state index contributed by atoms with van der Waals surface area (Å²) in [5, 5.41) is 7.94. The SMILES string of the molecule is O=C(Nc1ccc2ccccc2c1)/C(=C/C=C/c1ccccc1)NC(=O)c1ccccc1Cl. The van der Waals surface area contributed by atoms with Crippen LogP contribution in [0.1, 0.15) is 15.9 Å². The summed E-state index contributed by atoms with van der Waals surface area (Å²) in [5.41, 5.74) is 1.99. The molecule has 4 rings (SSSR count). The van der Waals surface area contributed by atoms with E-state index < -0.39 is 11.8 Å². The molecular formula is C28H21ClN2O2. The number of hydrogen-bond acceptors (Lipinski definition) is 2. The Bertz CT molecular complexity index is 1360. The van der Waals surface area contributed by atoms with Crippen LogP contribution in [0.5, 0.6) is 0 Å². The highest BCUT2D eigenvalue weighted by molar-refractivity contribution is 6.34. The van der Waals surface area contributed by atoms with Crippen molar-refractivity contribution < 1.29 is 9.59 Å². The molecule has 0 aromatic heterocycles. The molecule has 5 heteroatoms. The van der Waals surface area contributed by atoms with E-state index in [1.165, 1.54) is 0 Å². The van der Waals surface area contributed by atoms with Gasteiger partial charge in [-0.3, -0.25) is 9.59 Å². The van der Waals surface area contributed by atoms with Crippen molar-refractivity contribution in [3.05, 3.63) is 131 Å². The first-order valence-electron chi connectivity index (χ1n) is 10.4.